The lowest BCUT2D eigenvalue weighted by molar-refractivity contribution is -0.138. The normalized spacial score (nSPS) is 17.9. The molecule has 1 aliphatic carbocycles. The third-order valence-electron chi connectivity index (χ3n) is 3.93. The Labute approximate surface area is 113 Å². The van der Waals surface area contributed by atoms with Crippen LogP contribution in [0.4, 0.5) is 0 Å². The van der Waals surface area contributed by atoms with Crippen molar-refractivity contribution in [2.75, 3.05) is 0 Å². The van der Waals surface area contributed by atoms with Gasteiger partial charge in [0.15, 0.2) is 0 Å². The number of rotatable bonds is 4. The van der Waals surface area contributed by atoms with Gasteiger partial charge in [0.05, 0.1) is 5.92 Å². The summed E-state index contributed by atoms with van der Waals surface area (Å²) < 4.78 is 0. The van der Waals surface area contributed by atoms with Crippen molar-refractivity contribution in [1.29, 1.82) is 0 Å². The highest BCUT2D eigenvalue weighted by atomic mass is 35.5. The average molecular weight is 267 g/mol. The van der Waals surface area contributed by atoms with Crippen LogP contribution in [0.5, 0.6) is 0 Å². The number of hydrogen-bond donors (Lipinski definition) is 1. The van der Waals surface area contributed by atoms with E-state index in [4.69, 9.17) is 16.7 Å². The molecule has 18 heavy (non-hydrogen) atoms. The van der Waals surface area contributed by atoms with E-state index < -0.39 is 11.9 Å². The van der Waals surface area contributed by atoms with Crippen LogP contribution in [-0.2, 0) is 11.2 Å². The maximum atomic E-state index is 10.9. The van der Waals surface area contributed by atoms with Gasteiger partial charge in [-0.2, -0.15) is 0 Å². The first-order valence-corrected chi connectivity index (χ1v) is 6.97. The van der Waals surface area contributed by atoms with Gasteiger partial charge >= 0.3 is 5.97 Å². The summed E-state index contributed by atoms with van der Waals surface area (Å²) in [4.78, 5) is 10.9. The molecule has 1 atom stereocenters. The Bertz CT molecular complexity index is 436. The summed E-state index contributed by atoms with van der Waals surface area (Å²) in [6.45, 7) is 1.69. The van der Waals surface area contributed by atoms with Crippen molar-refractivity contribution < 1.29 is 9.90 Å². The lowest BCUT2D eigenvalue weighted by Crippen LogP contribution is -2.08. The smallest absolute Gasteiger partial charge is 0.310 e. The van der Waals surface area contributed by atoms with Crippen LogP contribution >= 0.6 is 11.6 Å². The molecule has 1 aromatic rings. The molecule has 0 aromatic heterocycles. The molecular weight excluding hydrogens is 248 g/mol. The van der Waals surface area contributed by atoms with Gasteiger partial charge in [-0.1, -0.05) is 49.4 Å². The van der Waals surface area contributed by atoms with E-state index in [1.807, 2.05) is 18.2 Å². The quantitative estimate of drug-likeness (QED) is 0.884. The van der Waals surface area contributed by atoms with Crippen LogP contribution in [0, 0.1) is 5.92 Å². The summed E-state index contributed by atoms with van der Waals surface area (Å²) in [7, 11) is 0. The first kappa shape index (κ1) is 13.4. The standard InChI is InChI=1S/C15H19ClO2/c1-10(15(17)18)12-6-7-13(14(16)9-12)8-11-4-2-3-5-11/h6-7,9-11H,2-5,8H2,1H3,(H,17,18). The first-order valence-electron chi connectivity index (χ1n) is 6.59. The Morgan fingerprint density at radius 2 is 2.11 bits per heavy atom. The third kappa shape index (κ3) is 3.05. The molecule has 0 amide bonds. The Balaban J connectivity index is 2.11. The number of aliphatic carboxylic acids is 1. The van der Waals surface area contributed by atoms with Gasteiger partial charge in [0.25, 0.3) is 0 Å². The van der Waals surface area contributed by atoms with Gasteiger partial charge in [0.1, 0.15) is 0 Å². The molecule has 1 aliphatic rings. The van der Waals surface area contributed by atoms with Crippen LogP contribution < -0.4 is 0 Å². The van der Waals surface area contributed by atoms with Crippen molar-refractivity contribution >= 4 is 17.6 Å². The lowest BCUT2D eigenvalue weighted by Gasteiger charge is -2.13. The van der Waals surface area contributed by atoms with Crippen molar-refractivity contribution in [2.45, 2.75) is 44.9 Å². The van der Waals surface area contributed by atoms with Crippen molar-refractivity contribution in [1.82, 2.24) is 0 Å². The highest BCUT2D eigenvalue weighted by Crippen LogP contribution is 2.31. The van der Waals surface area contributed by atoms with Crippen molar-refractivity contribution in [3.8, 4) is 0 Å². The van der Waals surface area contributed by atoms with Gasteiger partial charge in [-0.05, 0) is 36.5 Å². The fourth-order valence-corrected chi connectivity index (χ4v) is 2.93. The van der Waals surface area contributed by atoms with Gasteiger partial charge in [0, 0.05) is 5.02 Å². The van der Waals surface area contributed by atoms with E-state index in [0.29, 0.717) is 5.02 Å². The monoisotopic (exact) mass is 266 g/mol. The fraction of sp³-hybridized carbons (Fsp3) is 0.533. The van der Waals surface area contributed by atoms with Crippen LogP contribution in [0.25, 0.3) is 0 Å². The van der Waals surface area contributed by atoms with Crippen LogP contribution in [0.2, 0.25) is 5.02 Å². The van der Waals surface area contributed by atoms with Gasteiger partial charge < -0.3 is 5.11 Å². The average Bonchev–Trinajstić information content (AvgIpc) is 2.83. The van der Waals surface area contributed by atoms with Crippen molar-refractivity contribution in [3.05, 3.63) is 34.3 Å². The maximum absolute atomic E-state index is 10.9. The highest BCUT2D eigenvalue weighted by molar-refractivity contribution is 6.31. The van der Waals surface area contributed by atoms with E-state index >= 15 is 0 Å². The molecule has 1 saturated carbocycles. The van der Waals surface area contributed by atoms with Gasteiger partial charge in [0.2, 0.25) is 0 Å². The molecule has 0 bridgehead atoms. The van der Waals surface area contributed by atoms with Gasteiger partial charge in [-0.3, -0.25) is 4.79 Å². The predicted octanol–water partition coefficient (Wildman–Crippen LogP) is 4.26. The Kier molecular flexibility index (Phi) is 4.28. The topological polar surface area (TPSA) is 37.3 Å². The van der Waals surface area contributed by atoms with Crippen molar-refractivity contribution in [2.24, 2.45) is 5.92 Å². The summed E-state index contributed by atoms with van der Waals surface area (Å²) >= 11 is 6.26. The second-order valence-corrected chi connectivity index (χ2v) is 5.67. The van der Waals surface area contributed by atoms with Crippen molar-refractivity contribution in [3.63, 3.8) is 0 Å². The van der Waals surface area contributed by atoms with Crippen LogP contribution in [0.3, 0.4) is 0 Å². The van der Waals surface area contributed by atoms with E-state index in [-0.39, 0.29) is 0 Å². The lowest BCUT2D eigenvalue weighted by atomic mass is 9.94. The number of carboxylic acid groups (broad SMARTS) is 1. The zero-order valence-corrected chi connectivity index (χ0v) is 11.4. The highest BCUT2D eigenvalue weighted by Gasteiger charge is 2.18. The molecule has 2 nitrogen and oxygen atoms in total. The molecular formula is C15H19ClO2. The third-order valence-corrected chi connectivity index (χ3v) is 4.28. The zero-order chi connectivity index (χ0) is 13.1. The minimum absolute atomic E-state index is 0.497. The molecule has 0 radical (unpaired) electrons. The van der Waals surface area contributed by atoms with Gasteiger partial charge in [-0.15, -0.1) is 0 Å². The molecule has 1 unspecified atom stereocenters. The number of carbonyl (C=O) groups is 1. The minimum atomic E-state index is -0.811. The van der Waals surface area contributed by atoms with Crippen LogP contribution in [0.1, 0.15) is 49.7 Å². The van der Waals surface area contributed by atoms with E-state index in [1.165, 1.54) is 25.7 Å². The molecule has 0 aliphatic heterocycles. The van der Waals surface area contributed by atoms with Gasteiger partial charge in [-0.25, -0.2) is 0 Å². The van der Waals surface area contributed by atoms with Crippen LogP contribution in [-0.4, -0.2) is 11.1 Å². The number of hydrogen-bond acceptors (Lipinski definition) is 1. The molecule has 1 N–H and O–H groups in total. The second kappa shape index (κ2) is 5.75. The molecule has 0 heterocycles. The number of benzene rings is 1. The molecule has 3 heteroatoms. The summed E-state index contributed by atoms with van der Waals surface area (Å²) in [5.74, 6) is -0.553. The molecule has 1 aromatic carbocycles. The zero-order valence-electron chi connectivity index (χ0n) is 10.7. The molecule has 0 saturated heterocycles. The molecule has 2 rings (SSSR count). The molecule has 98 valence electrons. The predicted molar refractivity (Wildman–Crippen MR) is 73.2 cm³/mol. The molecule has 0 spiro atoms. The summed E-state index contributed by atoms with van der Waals surface area (Å²) in [6, 6.07) is 5.70. The van der Waals surface area contributed by atoms with Crippen LogP contribution in [0.15, 0.2) is 18.2 Å². The first-order chi connectivity index (χ1) is 8.58. The Morgan fingerprint density at radius 3 is 2.67 bits per heavy atom. The Morgan fingerprint density at radius 1 is 1.44 bits per heavy atom. The largest absolute Gasteiger partial charge is 0.481 e. The Hall–Kier alpha value is -1.02. The second-order valence-electron chi connectivity index (χ2n) is 5.27. The summed E-state index contributed by atoms with van der Waals surface area (Å²) in [6.07, 6.45) is 6.28. The maximum Gasteiger partial charge on any atom is 0.310 e. The van der Waals surface area contributed by atoms with E-state index in [9.17, 15) is 4.79 Å². The number of halogens is 1. The van der Waals surface area contributed by atoms with E-state index in [0.717, 1.165) is 23.5 Å². The molecule has 1 fully saturated rings. The fourth-order valence-electron chi connectivity index (χ4n) is 2.67. The van der Waals surface area contributed by atoms with E-state index in [1.54, 1.807) is 6.92 Å². The minimum Gasteiger partial charge on any atom is -0.481 e. The number of carboxylic acids is 1. The summed E-state index contributed by atoms with van der Waals surface area (Å²) in [5.41, 5.74) is 1.94. The summed E-state index contributed by atoms with van der Waals surface area (Å²) in [5, 5.41) is 9.70. The van der Waals surface area contributed by atoms with E-state index in [2.05, 4.69) is 0 Å². The SMILES string of the molecule is CC(C(=O)O)c1ccc(CC2CCCC2)c(Cl)c1.